The van der Waals surface area contributed by atoms with Crippen molar-refractivity contribution in [1.82, 2.24) is 9.55 Å². The lowest BCUT2D eigenvalue weighted by atomic mass is 10.1. The van der Waals surface area contributed by atoms with Gasteiger partial charge in [0.1, 0.15) is 6.23 Å². The first-order valence-corrected chi connectivity index (χ1v) is 8.10. The molecule has 12 heteroatoms. The number of nitrogens with two attached hydrogens (primary N) is 1. The summed E-state index contributed by atoms with van der Waals surface area (Å²) in [6.07, 6.45) is -0.620. The molecule has 0 amide bonds. The average Bonchev–Trinajstić information content (AvgIpc) is 2.75. The van der Waals surface area contributed by atoms with Gasteiger partial charge in [0.25, 0.3) is 5.56 Å². The number of aryl methyl sites for hydroxylation is 1. The Morgan fingerprint density at radius 3 is 2.95 bits per heavy atom. The van der Waals surface area contributed by atoms with E-state index < -0.39 is 37.7 Å². The predicted molar refractivity (Wildman–Crippen MR) is 76.0 cm³/mol. The number of ether oxygens (including phenoxy) is 1. The van der Waals surface area contributed by atoms with Gasteiger partial charge in [-0.15, -0.1) is 0 Å². The van der Waals surface area contributed by atoms with E-state index in [1.54, 1.807) is 6.92 Å². The van der Waals surface area contributed by atoms with Crippen molar-refractivity contribution in [2.45, 2.75) is 31.7 Å². The van der Waals surface area contributed by atoms with E-state index in [0.29, 0.717) is 5.56 Å². The van der Waals surface area contributed by atoms with Crippen molar-refractivity contribution < 1.29 is 19.1 Å². The van der Waals surface area contributed by atoms with Crippen LogP contribution in [-0.4, -0.2) is 37.6 Å². The largest absolute Gasteiger partial charge is 0.369 e. The Morgan fingerprint density at radius 1 is 1.68 bits per heavy atom. The van der Waals surface area contributed by atoms with Crippen molar-refractivity contribution >= 4 is 13.5 Å². The quantitative estimate of drug-likeness (QED) is 0.307. The van der Waals surface area contributed by atoms with E-state index in [-0.39, 0.29) is 12.4 Å². The van der Waals surface area contributed by atoms with E-state index in [0.717, 1.165) is 0 Å². The molecule has 1 saturated heterocycles. The Hall–Kier alpha value is -1.90. The minimum Gasteiger partial charge on any atom is -0.369 e. The molecule has 3 atom stereocenters. The summed E-state index contributed by atoms with van der Waals surface area (Å²) in [6.45, 7) is 1.55. The second-order valence-corrected chi connectivity index (χ2v) is 6.67. The third kappa shape index (κ3) is 3.65. The molecule has 2 heterocycles. The van der Waals surface area contributed by atoms with Crippen LogP contribution in [0.4, 0.5) is 5.95 Å². The molecular formula is C10H15N6O5P. The lowest BCUT2D eigenvalue weighted by molar-refractivity contribution is 0.00926. The monoisotopic (exact) mass is 330 g/mol. The highest BCUT2D eigenvalue weighted by Crippen LogP contribution is 2.42. The molecule has 0 aliphatic carbocycles. The molecule has 22 heavy (non-hydrogen) atoms. The Kier molecular flexibility index (Phi) is 4.55. The number of aromatic nitrogens is 2. The van der Waals surface area contributed by atoms with Gasteiger partial charge < -0.3 is 20.3 Å². The first-order valence-electron chi connectivity index (χ1n) is 6.31. The van der Waals surface area contributed by atoms with Gasteiger partial charge in [-0.1, -0.05) is 5.11 Å². The van der Waals surface area contributed by atoms with Gasteiger partial charge in [0.15, 0.2) is 0 Å². The normalized spacial score (nSPS) is 25.0. The van der Waals surface area contributed by atoms with Gasteiger partial charge in [0.05, 0.1) is 18.3 Å². The summed E-state index contributed by atoms with van der Waals surface area (Å²) >= 11 is 0. The summed E-state index contributed by atoms with van der Waals surface area (Å²) in [7, 11) is -4.34. The number of rotatable bonds is 4. The average molecular weight is 330 g/mol. The number of nitrogens with zero attached hydrogens (tertiary/aromatic N) is 5. The standard InChI is InChI=1S/C10H15N6O5P/c1-5-3-16(10(11)13-9(5)17)8-2-6(14-15-12)7(21-8)4-22(18,19)20/h3,6-8H,2,4H2,1H3,(H2,11,13,17)(H2,18,19,20). The van der Waals surface area contributed by atoms with Gasteiger partial charge in [-0.25, -0.2) is 0 Å². The van der Waals surface area contributed by atoms with Crippen molar-refractivity contribution in [3.05, 3.63) is 32.6 Å². The Morgan fingerprint density at radius 2 is 2.36 bits per heavy atom. The summed E-state index contributed by atoms with van der Waals surface area (Å²) in [6, 6.07) is -0.748. The fourth-order valence-corrected chi connectivity index (χ4v) is 3.08. The Balaban J connectivity index is 2.31. The van der Waals surface area contributed by atoms with Crippen LogP contribution in [-0.2, 0) is 9.30 Å². The predicted octanol–water partition coefficient (Wildman–Crippen LogP) is 0.278. The van der Waals surface area contributed by atoms with Crippen molar-refractivity contribution in [2.24, 2.45) is 5.11 Å². The maximum atomic E-state index is 11.4. The van der Waals surface area contributed by atoms with E-state index in [9.17, 15) is 9.36 Å². The van der Waals surface area contributed by atoms with Crippen molar-refractivity contribution in [3.63, 3.8) is 0 Å². The maximum absolute atomic E-state index is 11.4. The van der Waals surface area contributed by atoms with E-state index >= 15 is 0 Å². The zero-order valence-corrected chi connectivity index (χ0v) is 12.5. The number of azide groups is 1. The number of nitrogen functional groups attached to an aromatic ring is 1. The lowest BCUT2D eigenvalue weighted by Gasteiger charge is -2.18. The smallest absolute Gasteiger partial charge is 0.328 e. The Bertz CT molecular complexity index is 723. The van der Waals surface area contributed by atoms with Crippen molar-refractivity contribution in [2.75, 3.05) is 11.9 Å². The van der Waals surface area contributed by atoms with E-state index in [1.807, 2.05) is 0 Å². The third-order valence-electron chi connectivity index (χ3n) is 3.28. The molecule has 2 rings (SSSR count). The molecule has 3 unspecified atom stereocenters. The molecule has 0 saturated carbocycles. The minimum absolute atomic E-state index is 0.0860. The highest BCUT2D eigenvalue weighted by Gasteiger charge is 2.39. The highest BCUT2D eigenvalue weighted by molar-refractivity contribution is 7.51. The van der Waals surface area contributed by atoms with Gasteiger partial charge in [-0.05, 0) is 12.5 Å². The molecule has 4 N–H and O–H groups in total. The first kappa shape index (κ1) is 16.5. The van der Waals surface area contributed by atoms with Crippen LogP contribution < -0.4 is 11.3 Å². The van der Waals surface area contributed by atoms with Crippen LogP contribution in [0.15, 0.2) is 16.1 Å². The van der Waals surface area contributed by atoms with Gasteiger partial charge in [-0.2, -0.15) is 4.98 Å². The van der Waals surface area contributed by atoms with E-state index in [2.05, 4.69) is 15.0 Å². The first-order chi connectivity index (χ1) is 10.2. The fraction of sp³-hybridized carbons (Fsp3) is 0.600. The molecular weight excluding hydrogens is 315 g/mol. The fourth-order valence-electron chi connectivity index (χ4n) is 2.28. The van der Waals surface area contributed by atoms with Gasteiger partial charge in [0, 0.05) is 23.1 Å². The summed E-state index contributed by atoms with van der Waals surface area (Å²) in [4.78, 5) is 35.8. The second kappa shape index (κ2) is 6.07. The van der Waals surface area contributed by atoms with Crippen LogP contribution in [0.25, 0.3) is 10.4 Å². The van der Waals surface area contributed by atoms with Crippen LogP contribution in [0.2, 0.25) is 0 Å². The van der Waals surface area contributed by atoms with Crippen molar-refractivity contribution in [3.8, 4) is 0 Å². The second-order valence-electron chi connectivity index (χ2n) is 4.98. The van der Waals surface area contributed by atoms with E-state index in [4.69, 9.17) is 25.8 Å². The molecule has 11 nitrogen and oxygen atoms in total. The molecule has 1 fully saturated rings. The highest BCUT2D eigenvalue weighted by atomic mass is 31.2. The topological polar surface area (TPSA) is 176 Å². The Labute approximate surface area is 124 Å². The van der Waals surface area contributed by atoms with Gasteiger partial charge in [0.2, 0.25) is 5.95 Å². The molecule has 1 aliphatic heterocycles. The number of hydrogen-bond acceptors (Lipinski definition) is 6. The van der Waals surface area contributed by atoms with Crippen LogP contribution in [0.3, 0.4) is 0 Å². The maximum Gasteiger partial charge on any atom is 0.328 e. The molecule has 0 spiro atoms. The summed E-state index contributed by atoms with van der Waals surface area (Å²) < 4.78 is 18.1. The lowest BCUT2D eigenvalue weighted by Crippen LogP contribution is -2.24. The van der Waals surface area contributed by atoms with Crippen LogP contribution in [0.5, 0.6) is 0 Å². The zero-order chi connectivity index (χ0) is 16.5. The number of hydrogen-bond donors (Lipinski definition) is 3. The van der Waals surface area contributed by atoms with Crippen molar-refractivity contribution in [1.29, 1.82) is 0 Å². The summed E-state index contributed by atoms with van der Waals surface area (Å²) in [5.74, 6) is -0.0860. The van der Waals surface area contributed by atoms with Gasteiger partial charge in [-0.3, -0.25) is 13.9 Å². The van der Waals surface area contributed by atoms with Crippen LogP contribution in [0.1, 0.15) is 18.2 Å². The van der Waals surface area contributed by atoms with Gasteiger partial charge >= 0.3 is 7.60 Å². The SMILES string of the molecule is Cc1cn(C2CC(N=[N+]=[N-])C(CP(=O)(O)O)O2)c(N)nc1=O. The number of anilines is 1. The minimum atomic E-state index is -4.34. The van der Waals surface area contributed by atoms with Crippen LogP contribution >= 0.6 is 7.60 Å². The molecule has 0 aromatic carbocycles. The molecule has 1 aromatic heterocycles. The zero-order valence-electron chi connectivity index (χ0n) is 11.6. The third-order valence-corrected chi connectivity index (χ3v) is 4.12. The summed E-state index contributed by atoms with van der Waals surface area (Å²) in [5.41, 5.74) is 14.1. The summed E-state index contributed by atoms with van der Waals surface area (Å²) in [5, 5.41) is 3.51. The van der Waals surface area contributed by atoms with E-state index in [1.165, 1.54) is 10.8 Å². The van der Waals surface area contributed by atoms with Crippen LogP contribution in [0, 0.1) is 6.92 Å². The molecule has 0 bridgehead atoms. The molecule has 0 radical (unpaired) electrons. The molecule has 1 aromatic rings. The molecule has 1 aliphatic rings. The molecule has 120 valence electrons.